The molecule has 0 unspecified atom stereocenters. The monoisotopic (exact) mass is 422 g/mol. The predicted octanol–water partition coefficient (Wildman–Crippen LogP) is 1.47. The number of hydrazone groups is 1. The van der Waals surface area contributed by atoms with Crippen molar-refractivity contribution in [3.63, 3.8) is 0 Å². The van der Waals surface area contributed by atoms with Crippen LogP contribution in [0.5, 0.6) is 0 Å². The Hall–Kier alpha value is -2.75. The Morgan fingerprint density at radius 1 is 1.11 bits per heavy atom. The van der Waals surface area contributed by atoms with Crippen LogP contribution in [0.2, 0.25) is 5.02 Å². The zero-order valence-electron chi connectivity index (χ0n) is 15.2. The summed E-state index contributed by atoms with van der Waals surface area (Å²) in [6.45, 7) is -0.295. The molecule has 0 atom stereocenters. The highest BCUT2D eigenvalue weighted by Crippen LogP contribution is 2.14. The van der Waals surface area contributed by atoms with Crippen molar-refractivity contribution in [2.75, 3.05) is 20.6 Å². The van der Waals surface area contributed by atoms with E-state index in [4.69, 9.17) is 11.6 Å². The zero-order valence-corrected chi connectivity index (χ0v) is 16.8. The summed E-state index contributed by atoms with van der Waals surface area (Å²) in [6, 6.07) is 12.4. The molecule has 0 aliphatic carbocycles. The number of amides is 2. The highest BCUT2D eigenvalue weighted by molar-refractivity contribution is 7.89. The summed E-state index contributed by atoms with van der Waals surface area (Å²) in [6.07, 6.45) is 1.39. The molecule has 0 fully saturated rings. The highest BCUT2D eigenvalue weighted by Gasteiger charge is 2.17. The molecule has 10 heteroatoms. The maximum absolute atomic E-state index is 12.1. The molecule has 2 aromatic carbocycles. The topological polar surface area (TPSA) is 108 Å². The first-order chi connectivity index (χ1) is 13.2. The molecular formula is C18H19ClN4O4S. The van der Waals surface area contributed by atoms with Crippen LogP contribution in [0, 0.1) is 0 Å². The molecule has 8 nitrogen and oxygen atoms in total. The van der Waals surface area contributed by atoms with Crippen LogP contribution in [-0.4, -0.2) is 51.4 Å². The fourth-order valence-corrected chi connectivity index (χ4v) is 3.13. The molecule has 148 valence electrons. The number of carbonyl (C=O) groups excluding carboxylic acids is 2. The maximum atomic E-state index is 12.1. The minimum atomic E-state index is -3.57. The van der Waals surface area contributed by atoms with Crippen LogP contribution in [0.1, 0.15) is 15.9 Å². The Labute approximate surface area is 168 Å². The summed E-state index contributed by atoms with van der Waals surface area (Å²) in [5.41, 5.74) is 3.15. The van der Waals surface area contributed by atoms with E-state index in [0.717, 1.165) is 4.31 Å². The molecule has 0 saturated heterocycles. The summed E-state index contributed by atoms with van der Waals surface area (Å²) < 4.78 is 25.1. The van der Waals surface area contributed by atoms with Crippen LogP contribution in [0.3, 0.4) is 0 Å². The minimum Gasteiger partial charge on any atom is -0.343 e. The van der Waals surface area contributed by atoms with Crippen molar-refractivity contribution in [3.8, 4) is 0 Å². The maximum Gasteiger partial charge on any atom is 0.259 e. The molecule has 0 radical (unpaired) electrons. The van der Waals surface area contributed by atoms with Crippen molar-refractivity contribution in [3.05, 3.63) is 64.7 Å². The average Bonchev–Trinajstić information content (AvgIpc) is 2.67. The van der Waals surface area contributed by atoms with Gasteiger partial charge in [-0.2, -0.15) is 5.10 Å². The molecule has 0 saturated carbocycles. The second-order valence-electron chi connectivity index (χ2n) is 5.81. The number of hydrogen-bond donors (Lipinski definition) is 2. The van der Waals surface area contributed by atoms with Crippen LogP contribution in [0.4, 0.5) is 0 Å². The molecule has 28 heavy (non-hydrogen) atoms. The van der Waals surface area contributed by atoms with E-state index < -0.39 is 21.8 Å². The van der Waals surface area contributed by atoms with E-state index in [1.807, 2.05) is 0 Å². The van der Waals surface area contributed by atoms with E-state index in [9.17, 15) is 18.0 Å². The number of hydrogen-bond acceptors (Lipinski definition) is 5. The van der Waals surface area contributed by atoms with Crippen molar-refractivity contribution in [1.82, 2.24) is 15.0 Å². The first kappa shape index (κ1) is 21.5. The lowest BCUT2D eigenvalue weighted by Crippen LogP contribution is -2.35. The lowest BCUT2D eigenvalue weighted by atomic mass is 10.2. The molecule has 2 N–H and O–H groups in total. The van der Waals surface area contributed by atoms with E-state index in [-0.39, 0.29) is 17.0 Å². The van der Waals surface area contributed by atoms with Gasteiger partial charge < -0.3 is 5.32 Å². The third kappa shape index (κ3) is 5.62. The summed E-state index contributed by atoms with van der Waals surface area (Å²) in [5.74, 6) is -1.04. The molecule has 0 spiro atoms. The minimum absolute atomic E-state index is 0.0701. The van der Waals surface area contributed by atoms with E-state index in [2.05, 4.69) is 15.8 Å². The number of nitrogens with zero attached hydrogens (tertiary/aromatic N) is 2. The Kier molecular flexibility index (Phi) is 7.27. The van der Waals surface area contributed by atoms with E-state index in [1.165, 1.54) is 44.6 Å². The molecule has 0 aliphatic rings. The van der Waals surface area contributed by atoms with Gasteiger partial charge in [-0.1, -0.05) is 29.8 Å². The Balaban J connectivity index is 1.88. The Bertz CT molecular complexity index is 989. The number of nitrogens with one attached hydrogen (secondary N) is 2. The smallest absolute Gasteiger partial charge is 0.259 e. The van der Waals surface area contributed by atoms with Crippen molar-refractivity contribution in [2.24, 2.45) is 5.10 Å². The van der Waals surface area contributed by atoms with Gasteiger partial charge in [-0.05, 0) is 30.3 Å². The third-order valence-electron chi connectivity index (χ3n) is 3.60. The summed E-state index contributed by atoms with van der Waals surface area (Å²) >= 11 is 5.97. The van der Waals surface area contributed by atoms with Gasteiger partial charge in [0.15, 0.2) is 0 Å². The third-order valence-corrected chi connectivity index (χ3v) is 5.78. The van der Waals surface area contributed by atoms with Crippen molar-refractivity contribution >= 4 is 39.7 Å². The fourth-order valence-electron chi connectivity index (χ4n) is 2.04. The standard InChI is InChI=1S/C18H19ClN4O4S/c1-23(2)28(26,27)15-9-7-13(8-10-15)18(25)20-12-17(24)22-21-11-14-5-3-4-6-16(14)19/h3-11H,12H2,1-2H3,(H,20,25)(H,22,24)/b21-11-. The van der Waals surface area contributed by atoms with Crippen LogP contribution in [-0.2, 0) is 14.8 Å². The first-order valence-corrected chi connectivity index (χ1v) is 9.91. The normalized spacial score (nSPS) is 11.6. The van der Waals surface area contributed by atoms with Gasteiger partial charge in [-0.3, -0.25) is 9.59 Å². The number of sulfonamides is 1. The van der Waals surface area contributed by atoms with Crippen molar-refractivity contribution < 1.29 is 18.0 Å². The van der Waals surface area contributed by atoms with Gasteiger partial charge in [0.2, 0.25) is 10.0 Å². The molecular weight excluding hydrogens is 404 g/mol. The average molecular weight is 423 g/mol. The second-order valence-corrected chi connectivity index (χ2v) is 8.37. The Morgan fingerprint density at radius 2 is 1.75 bits per heavy atom. The lowest BCUT2D eigenvalue weighted by Gasteiger charge is -2.11. The van der Waals surface area contributed by atoms with Gasteiger partial charge in [-0.25, -0.2) is 18.1 Å². The molecule has 2 rings (SSSR count). The first-order valence-electron chi connectivity index (χ1n) is 8.09. The lowest BCUT2D eigenvalue weighted by molar-refractivity contribution is -0.120. The van der Waals surface area contributed by atoms with Gasteiger partial charge >= 0.3 is 0 Å². The molecule has 0 bridgehead atoms. The highest BCUT2D eigenvalue weighted by atomic mass is 35.5. The van der Waals surface area contributed by atoms with Gasteiger partial charge in [0.1, 0.15) is 0 Å². The number of halogens is 1. The van der Waals surface area contributed by atoms with E-state index in [1.54, 1.807) is 24.3 Å². The Morgan fingerprint density at radius 3 is 2.36 bits per heavy atom. The predicted molar refractivity (Wildman–Crippen MR) is 107 cm³/mol. The fraction of sp³-hybridized carbons (Fsp3) is 0.167. The van der Waals surface area contributed by atoms with Gasteiger partial charge in [0.05, 0.1) is 17.7 Å². The van der Waals surface area contributed by atoms with Gasteiger partial charge in [0.25, 0.3) is 11.8 Å². The molecule has 2 amide bonds. The van der Waals surface area contributed by atoms with Crippen LogP contribution < -0.4 is 10.7 Å². The van der Waals surface area contributed by atoms with Crippen LogP contribution in [0.25, 0.3) is 0 Å². The van der Waals surface area contributed by atoms with Gasteiger partial charge in [-0.15, -0.1) is 0 Å². The quantitative estimate of drug-likeness (QED) is 0.520. The SMILES string of the molecule is CN(C)S(=O)(=O)c1ccc(C(=O)NCC(=O)N/N=C\c2ccccc2Cl)cc1. The number of benzene rings is 2. The number of carbonyl (C=O) groups is 2. The summed E-state index contributed by atoms with van der Waals surface area (Å²) in [5, 5.41) is 6.70. The molecule has 2 aromatic rings. The second kappa shape index (κ2) is 9.45. The largest absolute Gasteiger partial charge is 0.343 e. The van der Waals surface area contributed by atoms with E-state index >= 15 is 0 Å². The van der Waals surface area contributed by atoms with Crippen molar-refractivity contribution in [1.29, 1.82) is 0 Å². The van der Waals surface area contributed by atoms with Gasteiger partial charge in [0, 0.05) is 30.2 Å². The summed E-state index contributed by atoms with van der Waals surface area (Å²) in [7, 11) is -0.730. The van der Waals surface area contributed by atoms with Crippen LogP contribution in [0.15, 0.2) is 58.5 Å². The zero-order chi connectivity index (χ0) is 20.7. The van der Waals surface area contributed by atoms with E-state index in [0.29, 0.717) is 10.6 Å². The molecule has 0 aromatic heterocycles. The summed E-state index contributed by atoms with van der Waals surface area (Å²) in [4.78, 5) is 23.9. The number of rotatable bonds is 7. The molecule has 0 heterocycles. The van der Waals surface area contributed by atoms with Crippen LogP contribution >= 0.6 is 11.6 Å². The molecule has 0 aliphatic heterocycles. The van der Waals surface area contributed by atoms with Crippen molar-refractivity contribution in [2.45, 2.75) is 4.90 Å².